The molecule has 0 saturated heterocycles. The Labute approximate surface area is 180 Å². The molecule has 0 radical (unpaired) electrons. The summed E-state index contributed by atoms with van der Waals surface area (Å²) < 4.78 is 0. The Morgan fingerprint density at radius 1 is 0.484 bits per heavy atom. The smallest absolute Gasteiger partial charge is 0.150 e. The highest BCUT2D eigenvalue weighted by Gasteiger charge is 2.15. The molecule has 0 amide bonds. The largest absolute Gasteiger partial charge is 0.310 e. The molecule has 146 valence electrons. The molecule has 0 aliphatic heterocycles. The number of benzene rings is 6. The Morgan fingerprint density at radius 2 is 1.03 bits per heavy atom. The lowest BCUT2D eigenvalue weighted by Crippen LogP contribution is -2.10. The van der Waals surface area contributed by atoms with E-state index in [4.69, 9.17) is 0 Å². The first-order valence-corrected chi connectivity index (χ1v) is 10.4. The van der Waals surface area contributed by atoms with Crippen LogP contribution in [0.5, 0.6) is 0 Å². The second-order valence-electron chi connectivity index (χ2n) is 7.86. The summed E-state index contributed by atoms with van der Waals surface area (Å²) in [5, 5.41) is 7.62. The van der Waals surface area contributed by atoms with Gasteiger partial charge in [0.15, 0.2) is 0 Å². The van der Waals surface area contributed by atoms with Crippen LogP contribution in [-0.2, 0) is 0 Å². The average Bonchev–Trinajstić information content (AvgIpc) is 2.84. The number of carbonyl (C=O) groups excluding carboxylic acids is 1. The average molecular weight is 397 g/mol. The molecule has 6 aromatic carbocycles. The maximum absolute atomic E-state index is 11.1. The third-order valence-electron chi connectivity index (χ3n) is 6.01. The van der Waals surface area contributed by atoms with Crippen molar-refractivity contribution in [3.63, 3.8) is 0 Å². The summed E-state index contributed by atoms with van der Waals surface area (Å²) in [6.45, 7) is 0. The van der Waals surface area contributed by atoms with Crippen molar-refractivity contribution in [1.82, 2.24) is 0 Å². The zero-order valence-electron chi connectivity index (χ0n) is 16.8. The number of anilines is 3. The molecule has 0 bridgehead atoms. The van der Waals surface area contributed by atoms with E-state index in [1.54, 1.807) is 0 Å². The molecule has 0 unspecified atom stereocenters. The van der Waals surface area contributed by atoms with Crippen molar-refractivity contribution in [2.75, 3.05) is 4.90 Å². The number of para-hydroxylation sites is 1. The monoisotopic (exact) mass is 397 g/mol. The second-order valence-corrected chi connectivity index (χ2v) is 7.86. The fraction of sp³-hybridized carbons (Fsp3) is 0. The van der Waals surface area contributed by atoms with E-state index in [0.29, 0.717) is 5.56 Å². The van der Waals surface area contributed by atoms with Gasteiger partial charge in [-0.05, 0) is 80.8 Å². The Morgan fingerprint density at radius 3 is 1.65 bits per heavy atom. The Kier molecular flexibility index (Phi) is 3.97. The molecule has 0 aromatic heterocycles. The molecule has 6 rings (SSSR count). The zero-order chi connectivity index (χ0) is 20.8. The van der Waals surface area contributed by atoms with Gasteiger partial charge in [0.2, 0.25) is 0 Å². The minimum absolute atomic E-state index is 0.673. The lowest BCUT2D eigenvalue weighted by Gasteiger charge is -2.26. The molecule has 0 N–H and O–H groups in total. The molecule has 2 heteroatoms. The molecule has 0 spiro atoms. The maximum atomic E-state index is 11.1. The first-order valence-electron chi connectivity index (χ1n) is 10.4. The van der Waals surface area contributed by atoms with Crippen molar-refractivity contribution >= 4 is 55.7 Å². The van der Waals surface area contributed by atoms with Crippen molar-refractivity contribution in [3.05, 3.63) is 115 Å². The van der Waals surface area contributed by atoms with Gasteiger partial charge < -0.3 is 4.90 Å². The summed E-state index contributed by atoms with van der Waals surface area (Å²) in [6.07, 6.45) is 0.879. The van der Waals surface area contributed by atoms with Crippen molar-refractivity contribution in [1.29, 1.82) is 0 Å². The molecular weight excluding hydrogens is 378 g/mol. The van der Waals surface area contributed by atoms with Gasteiger partial charge in [-0.3, -0.25) is 4.79 Å². The van der Waals surface area contributed by atoms with E-state index in [0.717, 1.165) is 23.3 Å². The van der Waals surface area contributed by atoms with Crippen LogP contribution in [0.25, 0.3) is 32.3 Å². The Bertz CT molecular complexity index is 1470. The highest BCUT2D eigenvalue weighted by atomic mass is 16.1. The predicted octanol–water partition coefficient (Wildman–Crippen LogP) is 7.87. The number of carbonyl (C=O) groups is 1. The van der Waals surface area contributed by atoms with Gasteiger partial charge >= 0.3 is 0 Å². The molecule has 31 heavy (non-hydrogen) atoms. The molecule has 0 saturated carbocycles. The summed E-state index contributed by atoms with van der Waals surface area (Å²) in [5.74, 6) is 0. The van der Waals surface area contributed by atoms with Crippen LogP contribution >= 0.6 is 0 Å². The van der Waals surface area contributed by atoms with Crippen molar-refractivity contribution in [2.45, 2.75) is 0 Å². The normalized spacial score (nSPS) is 11.4. The van der Waals surface area contributed by atoms with Crippen LogP contribution in [0.2, 0.25) is 0 Å². The summed E-state index contributed by atoms with van der Waals surface area (Å²) >= 11 is 0. The third kappa shape index (κ3) is 2.84. The lowest BCUT2D eigenvalue weighted by atomic mass is 9.93. The highest BCUT2D eigenvalue weighted by molar-refractivity contribution is 6.23. The minimum Gasteiger partial charge on any atom is -0.310 e. The lowest BCUT2D eigenvalue weighted by molar-refractivity contribution is 0.112. The van der Waals surface area contributed by atoms with Crippen molar-refractivity contribution in [2.24, 2.45) is 0 Å². The van der Waals surface area contributed by atoms with E-state index < -0.39 is 0 Å². The first-order chi connectivity index (χ1) is 15.3. The van der Waals surface area contributed by atoms with Gasteiger partial charge in [-0.15, -0.1) is 0 Å². The summed E-state index contributed by atoms with van der Waals surface area (Å²) in [7, 11) is 0. The molecule has 0 heterocycles. The molecule has 0 fully saturated rings. The fourth-order valence-electron chi connectivity index (χ4n) is 4.59. The summed E-state index contributed by atoms with van der Waals surface area (Å²) in [5.41, 5.74) is 3.86. The maximum Gasteiger partial charge on any atom is 0.150 e. The molecule has 2 nitrogen and oxygen atoms in total. The molecular formula is C29H19NO. The van der Waals surface area contributed by atoms with Crippen molar-refractivity contribution in [3.8, 4) is 0 Å². The Balaban J connectivity index is 1.63. The van der Waals surface area contributed by atoms with Gasteiger partial charge in [0.25, 0.3) is 0 Å². The van der Waals surface area contributed by atoms with Gasteiger partial charge in [-0.2, -0.15) is 0 Å². The van der Waals surface area contributed by atoms with Crippen LogP contribution in [0.4, 0.5) is 17.1 Å². The summed E-state index contributed by atoms with van der Waals surface area (Å²) in [4.78, 5) is 13.4. The van der Waals surface area contributed by atoms with E-state index in [9.17, 15) is 4.79 Å². The second kappa shape index (κ2) is 6.96. The fourth-order valence-corrected chi connectivity index (χ4v) is 4.59. The van der Waals surface area contributed by atoms with Crippen LogP contribution in [0.15, 0.2) is 109 Å². The Hall–Kier alpha value is -4.17. The quantitative estimate of drug-likeness (QED) is 0.223. The van der Waals surface area contributed by atoms with E-state index in [1.165, 1.54) is 32.3 Å². The molecule has 0 aliphatic rings. The van der Waals surface area contributed by atoms with Crippen LogP contribution in [0.1, 0.15) is 10.4 Å². The molecule has 0 atom stereocenters. The minimum atomic E-state index is 0.673. The number of nitrogens with zero attached hydrogens (tertiary/aromatic N) is 1. The van der Waals surface area contributed by atoms with Gasteiger partial charge in [-0.1, -0.05) is 60.7 Å². The van der Waals surface area contributed by atoms with Crippen LogP contribution in [0, 0.1) is 0 Å². The number of hydrogen-bond donors (Lipinski definition) is 0. The molecule has 6 aromatic rings. The highest BCUT2D eigenvalue weighted by Crippen LogP contribution is 2.41. The van der Waals surface area contributed by atoms with Crippen LogP contribution in [0.3, 0.4) is 0 Å². The van der Waals surface area contributed by atoms with E-state index in [2.05, 4.69) is 71.6 Å². The number of rotatable bonds is 4. The summed E-state index contributed by atoms with van der Waals surface area (Å²) in [6, 6.07) is 37.9. The number of hydrogen-bond acceptors (Lipinski definition) is 2. The zero-order valence-corrected chi connectivity index (χ0v) is 16.8. The molecule has 0 aliphatic carbocycles. The number of aldehydes is 1. The van der Waals surface area contributed by atoms with E-state index in [1.807, 2.05) is 42.5 Å². The van der Waals surface area contributed by atoms with Gasteiger partial charge in [-0.25, -0.2) is 0 Å². The van der Waals surface area contributed by atoms with E-state index >= 15 is 0 Å². The topological polar surface area (TPSA) is 20.3 Å². The SMILES string of the molecule is O=Cc1ccc(N(c2ccccc2)c2cc3ccc4cccc5ccc(c2)c3c45)cc1. The first kappa shape index (κ1) is 17.7. The standard InChI is InChI=1S/C29H19NO/c31-19-20-9-15-26(16-10-20)30(25-7-2-1-3-8-25)27-17-23-13-11-21-5-4-6-22-12-14-24(18-27)29(23)28(21)22/h1-19H. The van der Waals surface area contributed by atoms with Gasteiger partial charge in [0.1, 0.15) is 6.29 Å². The predicted molar refractivity (Wildman–Crippen MR) is 130 cm³/mol. The van der Waals surface area contributed by atoms with Gasteiger partial charge in [0, 0.05) is 22.6 Å². The van der Waals surface area contributed by atoms with Gasteiger partial charge in [0.05, 0.1) is 0 Å². The van der Waals surface area contributed by atoms with Crippen LogP contribution < -0.4 is 4.90 Å². The van der Waals surface area contributed by atoms with E-state index in [-0.39, 0.29) is 0 Å². The third-order valence-corrected chi connectivity index (χ3v) is 6.01. The van der Waals surface area contributed by atoms with Crippen LogP contribution in [-0.4, -0.2) is 6.29 Å². The van der Waals surface area contributed by atoms with Crippen molar-refractivity contribution < 1.29 is 4.79 Å².